The van der Waals surface area contributed by atoms with Crippen LogP contribution < -0.4 is 5.32 Å². The van der Waals surface area contributed by atoms with E-state index in [1.54, 1.807) is 6.26 Å². The van der Waals surface area contributed by atoms with Gasteiger partial charge in [0.05, 0.1) is 11.3 Å². The summed E-state index contributed by atoms with van der Waals surface area (Å²) < 4.78 is 6.43. The molecule has 2 aromatic rings. The largest absolute Gasteiger partial charge is 0.444 e. The minimum absolute atomic E-state index is 0.594. The fraction of sp³-hybridized carbons (Fsp3) is 0.308. The SMILES string of the molecule is Clc1ccc(Br)c(-c2nc(CNC3CC3)co2)c1. The smallest absolute Gasteiger partial charge is 0.227 e. The number of nitrogens with zero attached hydrogens (tertiary/aromatic N) is 1. The normalized spacial score (nSPS) is 15.0. The zero-order valence-electron chi connectivity index (χ0n) is 9.62. The van der Waals surface area contributed by atoms with Gasteiger partial charge in [0.25, 0.3) is 0 Å². The van der Waals surface area contributed by atoms with Crippen LogP contribution in [-0.2, 0) is 6.54 Å². The number of hydrogen-bond acceptors (Lipinski definition) is 3. The predicted molar refractivity (Wildman–Crippen MR) is 74.5 cm³/mol. The molecule has 0 atom stereocenters. The lowest BCUT2D eigenvalue weighted by Gasteiger charge is -2.00. The molecule has 3 rings (SSSR count). The minimum atomic E-state index is 0.594. The van der Waals surface area contributed by atoms with E-state index in [1.807, 2.05) is 18.2 Å². The molecular formula is C13H12BrClN2O. The van der Waals surface area contributed by atoms with Gasteiger partial charge in [0, 0.05) is 22.1 Å². The van der Waals surface area contributed by atoms with Crippen LogP contribution in [0.1, 0.15) is 18.5 Å². The summed E-state index contributed by atoms with van der Waals surface area (Å²) in [5.41, 5.74) is 1.80. The summed E-state index contributed by atoms with van der Waals surface area (Å²) in [7, 11) is 0. The quantitative estimate of drug-likeness (QED) is 0.922. The van der Waals surface area contributed by atoms with E-state index in [2.05, 4.69) is 26.2 Å². The van der Waals surface area contributed by atoms with Crippen LogP contribution in [0.4, 0.5) is 0 Å². The Kier molecular flexibility index (Phi) is 3.41. The maximum Gasteiger partial charge on any atom is 0.227 e. The van der Waals surface area contributed by atoms with E-state index in [-0.39, 0.29) is 0 Å². The van der Waals surface area contributed by atoms with Gasteiger partial charge in [-0.2, -0.15) is 0 Å². The van der Waals surface area contributed by atoms with E-state index in [0.29, 0.717) is 17.0 Å². The van der Waals surface area contributed by atoms with Crippen LogP contribution in [0.25, 0.3) is 11.5 Å². The molecule has 0 radical (unpaired) electrons. The van der Waals surface area contributed by atoms with Gasteiger partial charge < -0.3 is 9.73 Å². The molecule has 3 nitrogen and oxygen atoms in total. The summed E-state index contributed by atoms with van der Waals surface area (Å²) in [6.07, 6.45) is 4.23. The molecule has 0 saturated heterocycles. The molecule has 94 valence electrons. The molecular weight excluding hydrogens is 316 g/mol. The van der Waals surface area contributed by atoms with E-state index in [9.17, 15) is 0 Å². The number of oxazole rings is 1. The Bertz CT molecular complexity index is 566. The topological polar surface area (TPSA) is 38.1 Å². The van der Waals surface area contributed by atoms with Crippen LogP contribution >= 0.6 is 27.5 Å². The average molecular weight is 328 g/mol. The molecule has 1 saturated carbocycles. The van der Waals surface area contributed by atoms with Gasteiger partial charge >= 0.3 is 0 Å². The van der Waals surface area contributed by atoms with Crippen LogP contribution in [0.15, 0.2) is 33.4 Å². The van der Waals surface area contributed by atoms with Crippen LogP contribution in [0.5, 0.6) is 0 Å². The molecule has 0 bridgehead atoms. The number of halogens is 2. The molecule has 18 heavy (non-hydrogen) atoms. The maximum atomic E-state index is 5.98. The van der Waals surface area contributed by atoms with Crippen LogP contribution in [0.3, 0.4) is 0 Å². The Morgan fingerprint density at radius 3 is 3.06 bits per heavy atom. The molecule has 1 aliphatic rings. The Morgan fingerprint density at radius 2 is 2.28 bits per heavy atom. The lowest BCUT2D eigenvalue weighted by Crippen LogP contribution is -2.15. The summed E-state index contributed by atoms with van der Waals surface area (Å²) in [5.74, 6) is 0.594. The molecule has 1 aliphatic carbocycles. The lowest BCUT2D eigenvalue weighted by atomic mass is 10.2. The van der Waals surface area contributed by atoms with Gasteiger partial charge in [-0.1, -0.05) is 11.6 Å². The monoisotopic (exact) mass is 326 g/mol. The molecule has 1 aromatic carbocycles. The maximum absolute atomic E-state index is 5.98. The van der Waals surface area contributed by atoms with E-state index >= 15 is 0 Å². The van der Waals surface area contributed by atoms with Gasteiger partial charge in [-0.15, -0.1) is 0 Å². The zero-order chi connectivity index (χ0) is 12.5. The number of rotatable bonds is 4. The molecule has 0 aliphatic heterocycles. The second kappa shape index (κ2) is 5.03. The van der Waals surface area contributed by atoms with Crippen molar-refractivity contribution in [3.05, 3.63) is 39.7 Å². The van der Waals surface area contributed by atoms with Gasteiger partial charge in [0.15, 0.2) is 0 Å². The fourth-order valence-electron chi connectivity index (χ4n) is 1.71. The number of hydrogen-bond donors (Lipinski definition) is 1. The van der Waals surface area contributed by atoms with E-state index in [0.717, 1.165) is 22.3 Å². The molecule has 5 heteroatoms. The van der Waals surface area contributed by atoms with Crippen molar-refractivity contribution in [2.24, 2.45) is 0 Å². The van der Waals surface area contributed by atoms with E-state index in [1.165, 1.54) is 12.8 Å². The van der Waals surface area contributed by atoms with Crippen molar-refractivity contribution in [3.8, 4) is 11.5 Å². The Morgan fingerprint density at radius 1 is 1.44 bits per heavy atom. The molecule has 1 N–H and O–H groups in total. The van der Waals surface area contributed by atoms with Crippen molar-refractivity contribution < 1.29 is 4.42 Å². The van der Waals surface area contributed by atoms with E-state index < -0.39 is 0 Å². The van der Waals surface area contributed by atoms with Crippen LogP contribution in [0.2, 0.25) is 5.02 Å². The highest BCUT2D eigenvalue weighted by Gasteiger charge is 2.20. The second-order valence-corrected chi connectivity index (χ2v) is 5.71. The summed E-state index contributed by atoms with van der Waals surface area (Å²) >= 11 is 9.46. The van der Waals surface area contributed by atoms with E-state index in [4.69, 9.17) is 16.0 Å². The first-order valence-electron chi connectivity index (χ1n) is 5.85. The van der Waals surface area contributed by atoms with Crippen LogP contribution in [0, 0.1) is 0 Å². The van der Waals surface area contributed by atoms with Crippen molar-refractivity contribution in [3.63, 3.8) is 0 Å². The van der Waals surface area contributed by atoms with Gasteiger partial charge in [-0.05, 0) is 47.0 Å². The predicted octanol–water partition coefficient (Wildman–Crippen LogP) is 4.01. The molecule has 1 aromatic heterocycles. The second-order valence-electron chi connectivity index (χ2n) is 4.42. The summed E-state index contributed by atoms with van der Waals surface area (Å²) in [6.45, 7) is 0.756. The van der Waals surface area contributed by atoms with Gasteiger partial charge in [0.2, 0.25) is 5.89 Å². The van der Waals surface area contributed by atoms with Crippen molar-refractivity contribution in [2.75, 3.05) is 0 Å². The summed E-state index contributed by atoms with van der Waals surface area (Å²) in [5, 5.41) is 4.07. The third-order valence-corrected chi connectivity index (χ3v) is 3.79. The third kappa shape index (κ3) is 2.76. The van der Waals surface area contributed by atoms with Crippen molar-refractivity contribution >= 4 is 27.5 Å². The van der Waals surface area contributed by atoms with Crippen molar-refractivity contribution in [1.29, 1.82) is 0 Å². The summed E-state index contributed by atoms with van der Waals surface area (Å²) in [6, 6.07) is 6.23. The molecule has 1 heterocycles. The van der Waals surface area contributed by atoms with Crippen molar-refractivity contribution in [2.45, 2.75) is 25.4 Å². The summed E-state index contributed by atoms with van der Waals surface area (Å²) in [4.78, 5) is 4.46. The molecule has 0 spiro atoms. The average Bonchev–Trinajstić information content (AvgIpc) is 3.08. The first-order valence-corrected chi connectivity index (χ1v) is 7.02. The van der Waals surface area contributed by atoms with Gasteiger partial charge in [0.1, 0.15) is 6.26 Å². The number of aromatic nitrogens is 1. The van der Waals surface area contributed by atoms with Crippen molar-refractivity contribution in [1.82, 2.24) is 10.3 Å². The zero-order valence-corrected chi connectivity index (χ0v) is 12.0. The Hall–Kier alpha value is -0.840. The third-order valence-electron chi connectivity index (χ3n) is 2.86. The lowest BCUT2D eigenvalue weighted by molar-refractivity contribution is 0.569. The molecule has 0 amide bonds. The fourth-order valence-corrected chi connectivity index (χ4v) is 2.30. The highest BCUT2D eigenvalue weighted by molar-refractivity contribution is 9.10. The van der Waals surface area contributed by atoms with Gasteiger partial charge in [-0.25, -0.2) is 4.98 Å². The minimum Gasteiger partial charge on any atom is -0.444 e. The standard InChI is InChI=1S/C13H12BrClN2O/c14-12-4-1-8(15)5-11(12)13-17-10(7-18-13)6-16-9-2-3-9/h1,4-5,7,9,16H,2-3,6H2. The number of benzene rings is 1. The highest BCUT2D eigenvalue weighted by Crippen LogP contribution is 2.30. The first-order chi connectivity index (χ1) is 8.72. The number of nitrogens with one attached hydrogen (secondary N) is 1. The Balaban J connectivity index is 1.80. The highest BCUT2D eigenvalue weighted by atomic mass is 79.9. The molecule has 0 unspecified atom stereocenters. The van der Waals surface area contributed by atoms with Crippen LogP contribution in [-0.4, -0.2) is 11.0 Å². The Labute approximate surface area is 119 Å². The molecule has 1 fully saturated rings. The first kappa shape index (κ1) is 12.2. The van der Waals surface area contributed by atoms with Gasteiger partial charge in [-0.3, -0.25) is 0 Å².